The molecule has 0 aliphatic rings. The molecule has 2 aromatic rings. The molecule has 1 aromatic heterocycles. The maximum Gasteiger partial charge on any atom is 0.294 e. The smallest absolute Gasteiger partial charge is 0.294 e. The molecule has 84 valence electrons. The van der Waals surface area contributed by atoms with Gasteiger partial charge in [0.15, 0.2) is 5.75 Å². The van der Waals surface area contributed by atoms with E-state index in [1.165, 1.54) is 14.2 Å². The van der Waals surface area contributed by atoms with Crippen LogP contribution in [-0.2, 0) is 0 Å². The lowest BCUT2D eigenvalue weighted by Crippen LogP contribution is -2.11. The number of methoxy groups -OCH3 is 2. The third-order valence-electron chi connectivity index (χ3n) is 2.36. The van der Waals surface area contributed by atoms with E-state index in [1.807, 2.05) is 0 Å². The van der Waals surface area contributed by atoms with Crippen LogP contribution in [0.1, 0.15) is 0 Å². The number of pyridine rings is 1. The Kier molecular flexibility index (Phi) is 2.44. The Bertz CT molecular complexity index is 590. The summed E-state index contributed by atoms with van der Waals surface area (Å²) < 4.78 is 10.2. The molecule has 0 radical (unpaired) electrons. The normalized spacial score (nSPS) is 10.4. The van der Waals surface area contributed by atoms with Crippen molar-refractivity contribution in [2.45, 2.75) is 0 Å². The van der Waals surface area contributed by atoms with Crippen LogP contribution in [0.2, 0.25) is 0 Å². The highest BCUT2D eigenvalue weighted by molar-refractivity contribution is 5.89. The van der Waals surface area contributed by atoms with E-state index < -0.39 is 0 Å². The molecule has 0 atom stereocenters. The summed E-state index contributed by atoms with van der Waals surface area (Å²) in [6.07, 6.45) is 0. The predicted octanol–water partition coefficient (Wildman–Crippen LogP) is 1.13. The molecule has 5 nitrogen and oxygen atoms in total. The molecule has 2 rings (SSSR count). The van der Waals surface area contributed by atoms with Gasteiger partial charge < -0.3 is 20.2 Å². The summed E-state index contributed by atoms with van der Waals surface area (Å²) in [5.41, 5.74) is 6.51. The molecule has 5 heteroatoms. The number of nitrogen functional groups attached to an aromatic ring is 1. The van der Waals surface area contributed by atoms with Crippen LogP contribution >= 0.6 is 0 Å². The first kappa shape index (κ1) is 10.4. The summed E-state index contributed by atoms with van der Waals surface area (Å²) >= 11 is 0. The highest BCUT2D eigenvalue weighted by Crippen LogP contribution is 2.31. The zero-order chi connectivity index (χ0) is 11.7. The molecule has 1 aromatic carbocycles. The first-order chi connectivity index (χ1) is 7.67. The van der Waals surface area contributed by atoms with E-state index in [-0.39, 0.29) is 11.3 Å². The molecule has 0 amide bonds. The summed E-state index contributed by atoms with van der Waals surface area (Å²) in [5.74, 6) is 0.584. The average molecular weight is 220 g/mol. The quantitative estimate of drug-likeness (QED) is 0.744. The Hall–Kier alpha value is -2.17. The van der Waals surface area contributed by atoms with Gasteiger partial charge in [-0.05, 0) is 18.2 Å². The van der Waals surface area contributed by atoms with E-state index in [4.69, 9.17) is 15.2 Å². The fourth-order valence-corrected chi connectivity index (χ4v) is 1.66. The van der Waals surface area contributed by atoms with E-state index in [2.05, 4.69) is 4.98 Å². The lowest BCUT2D eigenvalue weighted by molar-refractivity contribution is 0.354. The Morgan fingerprint density at radius 3 is 2.50 bits per heavy atom. The first-order valence-corrected chi connectivity index (χ1v) is 4.71. The lowest BCUT2D eigenvalue weighted by atomic mass is 10.2. The van der Waals surface area contributed by atoms with Crippen LogP contribution in [0.5, 0.6) is 11.5 Å². The van der Waals surface area contributed by atoms with Gasteiger partial charge in [0.05, 0.1) is 19.7 Å². The molecule has 16 heavy (non-hydrogen) atoms. The Balaban J connectivity index is 2.90. The van der Waals surface area contributed by atoms with Crippen LogP contribution in [0.25, 0.3) is 10.9 Å². The van der Waals surface area contributed by atoms with Crippen molar-refractivity contribution in [3.63, 3.8) is 0 Å². The van der Waals surface area contributed by atoms with Gasteiger partial charge in [-0.1, -0.05) is 0 Å². The summed E-state index contributed by atoms with van der Waals surface area (Å²) in [6, 6.07) is 5.20. The van der Waals surface area contributed by atoms with Crippen molar-refractivity contribution in [1.82, 2.24) is 4.98 Å². The number of aromatic amines is 1. The van der Waals surface area contributed by atoms with Crippen molar-refractivity contribution in [1.29, 1.82) is 0 Å². The maximum absolute atomic E-state index is 11.7. The summed E-state index contributed by atoms with van der Waals surface area (Å²) in [6.45, 7) is 0. The van der Waals surface area contributed by atoms with Gasteiger partial charge in [0.25, 0.3) is 5.56 Å². The summed E-state index contributed by atoms with van der Waals surface area (Å²) in [4.78, 5) is 14.3. The fraction of sp³-hybridized carbons (Fsp3) is 0.182. The number of hydrogen-bond acceptors (Lipinski definition) is 4. The first-order valence-electron chi connectivity index (χ1n) is 4.71. The highest BCUT2D eigenvalue weighted by Gasteiger charge is 2.13. The number of aromatic nitrogens is 1. The van der Waals surface area contributed by atoms with Gasteiger partial charge in [-0.25, -0.2) is 0 Å². The van der Waals surface area contributed by atoms with Crippen LogP contribution in [0, 0.1) is 0 Å². The molecule has 0 fully saturated rings. The SMILES string of the molecule is COc1c(OC)c2ccc(N)cc2[nH]c1=O. The van der Waals surface area contributed by atoms with Gasteiger partial charge in [0.1, 0.15) is 0 Å². The zero-order valence-corrected chi connectivity index (χ0v) is 9.03. The molecule has 0 unspecified atom stereocenters. The zero-order valence-electron chi connectivity index (χ0n) is 9.03. The van der Waals surface area contributed by atoms with Gasteiger partial charge in [0.2, 0.25) is 5.75 Å². The number of hydrogen-bond donors (Lipinski definition) is 2. The van der Waals surface area contributed by atoms with Crippen molar-refractivity contribution in [3.8, 4) is 11.5 Å². The highest BCUT2D eigenvalue weighted by atomic mass is 16.5. The van der Waals surface area contributed by atoms with Crippen molar-refractivity contribution < 1.29 is 9.47 Å². The topological polar surface area (TPSA) is 77.3 Å². The van der Waals surface area contributed by atoms with Gasteiger partial charge in [-0.2, -0.15) is 0 Å². The number of H-pyrrole nitrogens is 1. The number of nitrogens with one attached hydrogen (secondary N) is 1. The molecule has 3 N–H and O–H groups in total. The van der Waals surface area contributed by atoms with Crippen LogP contribution in [0.15, 0.2) is 23.0 Å². The van der Waals surface area contributed by atoms with E-state index in [0.717, 1.165) is 5.39 Å². The summed E-state index contributed by atoms with van der Waals surface area (Å²) in [7, 11) is 2.92. The average Bonchev–Trinajstić information content (AvgIpc) is 2.26. The van der Waals surface area contributed by atoms with Gasteiger partial charge in [-0.15, -0.1) is 0 Å². The Labute approximate surface area is 91.8 Å². The largest absolute Gasteiger partial charge is 0.492 e. The standard InChI is InChI=1S/C11H12N2O3/c1-15-9-7-4-3-6(12)5-8(7)13-11(14)10(9)16-2/h3-5H,12H2,1-2H3,(H,13,14). The van der Waals surface area contributed by atoms with Crippen LogP contribution in [0.3, 0.4) is 0 Å². The van der Waals surface area contributed by atoms with Gasteiger partial charge >= 0.3 is 0 Å². The minimum absolute atomic E-state index is 0.166. The molecule has 0 saturated heterocycles. The molecule has 1 heterocycles. The van der Waals surface area contributed by atoms with Crippen LogP contribution < -0.4 is 20.8 Å². The molecular weight excluding hydrogens is 208 g/mol. The Morgan fingerprint density at radius 1 is 1.19 bits per heavy atom. The number of fused-ring (bicyclic) bond motifs is 1. The second-order valence-corrected chi connectivity index (χ2v) is 3.33. The van der Waals surface area contributed by atoms with Gasteiger partial charge in [0, 0.05) is 11.1 Å². The van der Waals surface area contributed by atoms with E-state index in [9.17, 15) is 4.79 Å². The molecule has 0 aliphatic heterocycles. The van der Waals surface area contributed by atoms with E-state index in [1.54, 1.807) is 18.2 Å². The third-order valence-corrected chi connectivity index (χ3v) is 2.36. The molecule has 0 spiro atoms. The summed E-state index contributed by atoms with van der Waals surface area (Å²) in [5, 5.41) is 0.758. The molecular formula is C11H12N2O3. The van der Waals surface area contributed by atoms with E-state index in [0.29, 0.717) is 17.0 Å². The second kappa shape index (κ2) is 3.77. The maximum atomic E-state index is 11.7. The van der Waals surface area contributed by atoms with Crippen molar-refractivity contribution >= 4 is 16.6 Å². The fourth-order valence-electron chi connectivity index (χ4n) is 1.66. The number of anilines is 1. The molecule has 0 aliphatic carbocycles. The number of benzene rings is 1. The monoisotopic (exact) mass is 220 g/mol. The van der Waals surface area contributed by atoms with Crippen LogP contribution in [0.4, 0.5) is 5.69 Å². The van der Waals surface area contributed by atoms with Gasteiger partial charge in [-0.3, -0.25) is 4.79 Å². The number of rotatable bonds is 2. The minimum atomic E-state index is -0.336. The second-order valence-electron chi connectivity index (χ2n) is 3.33. The van der Waals surface area contributed by atoms with E-state index >= 15 is 0 Å². The van der Waals surface area contributed by atoms with Crippen molar-refractivity contribution in [2.24, 2.45) is 0 Å². The molecule has 0 bridgehead atoms. The van der Waals surface area contributed by atoms with Crippen LogP contribution in [-0.4, -0.2) is 19.2 Å². The minimum Gasteiger partial charge on any atom is -0.492 e. The lowest BCUT2D eigenvalue weighted by Gasteiger charge is -2.09. The Morgan fingerprint density at radius 2 is 1.88 bits per heavy atom. The predicted molar refractivity (Wildman–Crippen MR) is 62.1 cm³/mol. The van der Waals surface area contributed by atoms with Crippen molar-refractivity contribution in [3.05, 3.63) is 28.6 Å². The molecule has 0 saturated carbocycles. The number of nitrogens with two attached hydrogens (primary N) is 1. The third kappa shape index (κ3) is 1.46. The number of ether oxygens (including phenoxy) is 2. The van der Waals surface area contributed by atoms with Crippen molar-refractivity contribution in [2.75, 3.05) is 20.0 Å².